The van der Waals surface area contributed by atoms with E-state index in [0.29, 0.717) is 11.6 Å². The molecule has 1 aromatic carbocycles. The van der Waals surface area contributed by atoms with Crippen LogP contribution in [0.25, 0.3) is 0 Å². The van der Waals surface area contributed by atoms with E-state index in [2.05, 4.69) is 41.6 Å². The van der Waals surface area contributed by atoms with Gasteiger partial charge in [-0.15, -0.1) is 0 Å². The van der Waals surface area contributed by atoms with E-state index in [-0.39, 0.29) is 16.3 Å². The van der Waals surface area contributed by atoms with Crippen LogP contribution in [0.3, 0.4) is 0 Å². The third-order valence-corrected chi connectivity index (χ3v) is 4.93. The molecule has 5 heteroatoms. The molecule has 1 aliphatic heterocycles. The molecular formula is C16H21BrF3N. The predicted octanol–water partition coefficient (Wildman–Crippen LogP) is 5.47. The standard InChI is InChI=1S/C16H21BrF3N/c1-15(2,3)12-6-7-21(10-12)13-5-4-11(9-17)14(8-13)16(18,19)20/h4-5,8,12H,6-7,9-10H2,1-3H3. The van der Waals surface area contributed by atoms with Crippen molar-refractivity contribution in [3.63, 3.8) is 0 Å². The molecule has 1 heterocycles. The molecule has 1 atom stereocenters. The van der Waals surface area contributed by atoms with Gasteiger partial charge in [-0.25, -0.2) is 0 Å². The van der Waals surface area contributed by atoms with E-state index in [1.54, 1.807) is 12.1 Å². The minimum atomic E-state index is -4.30. The van der Waals surface area contributed by atoms with Crippen molar-refractivity contribution >= 4 is 21.6 Å². The molecule has 118 valence electrons. The third-order valence-electron chi connectivity index (χ3n) is 4.32. The molecule has 0 N–H and O–H groups in total. The van der Waals surface area contributed by atoms with E-state index >= 15 is 0 Å². The number of hydrogen-bond donors (Lipinski definition) is 0. The molecule has 1 fully saturated rings. The van der Waals surface area contributed by atoms with E-state index in [9.17, 15) is 13.2 Å². The van der Waals surface area contributed by atoms with Gasteiger partial charge in [-0.1, -0.05) is 42.8 Å². The van der Waals surface area contributed by atoms with Crippen molar-refractivity contribution in [2.75, 3.05) is 18.0 Å². The average molecular weight is 364 g/mol. The second-order valence-corrected chi connectivity index (χ2v) is 7.33. The van der Waals surface area contributed by atoms with E-state index in [0.717, 1.165) is 19.5 Å². The number of hydrogen-bond acceptors (Lipinski definition) is 1. The number of alkyl halides is 4. The zero-order valence-corrected chi connectivity index (χ0v) is 14.2. The maximum Gasteiger partial charge on any atom is 0.416 e. The monoisotopic (exact) mass is 363 g/mol. The molecular weight excluding hydrogens is 343 g/mol. The summed E-state index contributed by atoms with van der Waals surface area (Å²) >= 11 is 3.13. The van der Waals surface area contributed by atoms with Crippen LogP contribution in [0, 0.1) is 11.3 Å². The van der Waals surface area contributed by atoms with Gasteiger partial charge >= 0.3 is 6.18 Å². The van der Waals surface area contributed by atoms with E-state index in [1.165, 1.54) is 6.07 Å². The molecule has 0 amide bonds. The Morgan fingerprint density at radius 3 is 2.38 bits per heavy atom. The Balaban J connectivity index is 2.26. The second-order valence-electron chi connectivity index (χ2n) is 6.77. The van der Waals surface area contributed by atoms with E-state index < -0.39 is 11.7 Å². The lowest BCUT2D eigenvalue weighted by molar-refractivity contribution is -0.138. The topological polar surface area (TPSA) is 3.24 Å². The first-order valence-corrected chi connectivity index (χ1v) is 8.26. The van der Waals surface area contributed by atoms with Gasteiger partial charge in [0.25, 0.3) is 0 Å². The summed E-state index contributed by atoms with van der Waals surface area (Å²) in [6.07, 6.45) is -3.27. The summed E-state index contributed by atoms with van der Waals surface area (Å²) in [5, 5.41) is 0.215. The highest BCUT2D eigenvalue weighted by Gasteiger charge is 2.35. The van der Waals surface area contributed by atoms with Crippen LogP contribution in [0.5, 0.6) is 0 Å². The smallest absolute Gasteiger partial charge is 0.371 e. The summed E-state index contributed by atoms with van der Waals surface area (Å²) < 4.78 is 39.4. The van der Waals surface area contributed by atoms with Crippen LogP contribution in [-0.2, 0) is 11.5 Å². The number of benzene rings is 1. The molecule has 0 aliphatic carbocycles. The number of rotatable bonds is 2. The maximum atomic E-state index is 13.1. The molecule has 1 aromatic rings. The van der Waals surface area contributed by atoms with Gasteiger partial charge in [-0.2, -0.15) is 13.2 Å². The number of halogens is 4. The van der Waals surface area contributed by atoms with Gasteiger partial charge in [0.15, 0.2) is 0 Å². The summed E-state index contributed by atoms with van der Waals surface area (Å²) in [4.78, 5) is 2.07. The molecule has 0 radical (unpaired) electrons. The highest BCUT2D eigenvalue weighted by Crippen LogP contribution is 2.39. The molecule has 0 aromatic heterocycles. The largest absolute Gasteiger partial charge is 0.416 e. The molecule has 1 saturated heterocycles. The van der Waals surface area contributed by atoms with Crippen molar-refractivity contribution in [2.45, 2.75) is 38.7 Å². The van der Waals surface area contributed by atoms with Crippen molar-refractivity contribution in [2.24, 2.45) is 11.3 Å². The lowest BCUT2D eigenvalue weighted by Gasteiger charge is -2.28. The van der Waals surface area contributed by atoms with Gasteiger partial charge in [-0.3, -0.25) is 0 Å². The average Bonchev–Trinajstić information content (AvgIpc) is 2.86. The van der Waals surface area contributed by atoms with Crippen LogP contribution in [0.15, 0.2) is 18.2 Å². The SMILES string of the molecule is CC(C)(C)C1CCN(c2ccc(CBr)c(C(F)(F)F)c2)C1. The highest BCUT2D eigenvalue weighted by atomic mass is 79.9. The first-order chi connectivity index (χ1) is 9.63. The third kappa shape index (κ3) is 3.74. The van der Waals surface area contributed by atoms with Crippen molar-refractivity contribution in [3.8, 4) is 0 Å². The fourth-order valence-electron chi connectivity index (χ4n) is 2.84. The second kappa shape index (κ2) is 5.82. The van der Waals surface area contributed by atoms with Crippen LogP contribution in [0.4, 0.5) is 18.9 Å². The van der Waals surface area contributed by atoms with Crippen LogP contribution < -0.4 is 4.90 Å². The summed E-state index contributed by atoms with van der Waals surface area (Å²) in [5.41, 5.74) is 0.630. The minimum Gasteiger partial charge on any atom is -0.371 e. The van der Waals surface area contributed by atoms with Gasteiger partial charge in [0, 0.05) is 24.1 Å². The van der Waals surface area contributed by atoms with Crippen LogP contribution in [-0.4, -0.2) is 13.1 Å². The van der Waals surface area contributed by atoms with Crippen molar-refractivity contribution in [3.05, 3.63) is 29.3 Å². The zero-order valence-electron chi connectivity index (χ0n) is 12.6. The highest BCUT2D eigenvalue weighted by molar-refractivity contribution is 9.08. The molecule has 2 rings (SSSR count). The van der Waals surface area contributed by atoms with E-state index in [1.807, 2.05) is 0 Å². The summed E-state index contributed by atoms with van der Waals surface area (Å²) in [6, 6.07) is 4.68. The Morgan fingerprint density at radius 2 is 1.90 bits per heavy atom. The van der Waals surface area contributed by atoms with Gasteiger partial charge in [0.2, 0.25) is 0 Å². The van der Waals surface area contributed by atoms with Gasteiger partial charge in [-0.05, 0) is 35.4 Å². The Kier molecular flexibility index (Phi) is 4.62. The Hall–Kier alpha value is -0.710. The summed E-state index contributed by atoms with van der Waals surface area (Å²) in [7, 11) is 0. The normalized spacial score (nSPS) is 20.1. The number of nitrogens with zero attached hydrogens (tertiary/aromatic N) is 1. The Morgan fingerprint density at radius 1 is 1.24 bits per heavy atom. The van der Waals surface area contributed by atoms with Crippen LogP contribution >= 0.6 is 15.9 Å². The fraction of sp³-hybridized carbons (Fsp3) is 0.625. The molecule has 1 unspecified atom stereocenters. The van der Waals surface area contributed by atoms with Crippen molar-refractivity contribution < 1.29 is 13.2 Å². The maximum absolute atomic E-state index is 13.1. The van der Waals surface area contributed by atoms with Crippen molar-refractivity contribution in [1.29, 1.82) is 0 Å². The van der Waals surface area contributed by atoms with Crippen molar-refractivity contribution in [1.82, 2.24) is 0 Å². The quantitative estimate of drug-likeness (QED) is 0.629. The Bertz CT molecular complexity index is 505. The molecule has 0 bridgehead atoms. The van der Waals surface area contributed by atoms with Crippen LogP contribution in [0.1, 0.15) is 38.3 Å². The van der Waals surface area contributed by atoms with Gasteiger partial charge < -0.3 is 4.90 Å². The van der Waals surface area contributed by atoms with E-state index in [4.69, 9.17) is 0 Å². The zero-order chi connectivity index (χ0) is 15.8. The molecule has 1 nitrogen and oxygen atoms in total. The summed E-state index contributed by atoms with van der Waals surface area (Å²) in [5.74, 6) is 0.516. The summed E-state index contributed by atoms with van der Waals surface area (Å²) in [6.45, 7) is 8.23. The molecule has 0 spiro atoms. The molecule has 1 aliphatic rings. The lowest BCUT2D eigenvalue weighted by Crippen LogP contribution is -2.26. The van der Waals surface area contributed by atoms with Gasteiger partial charge in [0.05, 0.1) is 5.56 Å². The first kappa shape index (κ1) is 16.7. The molecule has 0 saturated carbocycles. The fourth-order valence-corrected chi connectivity index (χ4v) is 3.33. The lowest BCUT2D eigenvalue weighted by atomic mass is 9.80. The minimum absolute atomic E-state index is 0.192. The molecule has 21 heavy (non-hydrogen) atoms. The van der Waals surface area contributed by atoms with Crippen LogP contribution in [0.2, 0.25) is 0 Å². The first-order valence-electron chi connectivity index (χ1n) is 7.14. The number of anilines is 1. The van der Waals surface area contributed by atoms with Gasteiger partial charge in [0.1, 0.15) is 0 Å². The predicted molar refractivity (Wildman–Crippen MR) is 83.9 cm³/mol. The Labute approximate surface area is 132 Å².